The first-order valence-electron chi connectivity index (χ1n) is 11.3. The van der Waals surface area contributed by atoms with E-state index < -0.39 is 0 Å². The number of hydrogen-bond donors (Lipinski definition) is 0. The van der Waals surface area contributed by atoms with Gasteiger partial charge in [-0.25, -0.2) is 4.98 Å². The molecule has 0 aliphatic carbocycles. The van der Waals surface area contributed by atoms with E-state index in [1.165, 1.54) is 15.2 Å². The summed E-state index contributed by atoms with van der Waals surface area (Å²) in [5.74, 6) is 0.927. The number of thiazole rings is 1. The first-order chi connectivity index (χ1) is 15.6. The minimum atomic E-state index is 0.157. The number of aromatic nitrogens is 1. The first-order valence-corrected chi connectivity index (χ1v) is 13.1. The maximum Gasteiger partial charge on any atom is 0.229 e. The molecule has 0 bridgehead atoms. The molecular weight excluding hydrogens is 438 g/mol. The second-order valence-electron chi connectivity index (χ2n) is 8.14. The molecule has 2 heterocycles. The van der Waals surface area contributed by atoms with Gasteiger partial charge in [0.2, 0.25) is 5.91 Å². The van der Waals surface area contributed by atoms with Gasteiger partial charge in [0, 0.05) is 43.2 Å². The lowest BCUT2D eigenvalue weighted by atomic mass is 10.1. The predicted molar refractivity (Wildman–Crippen MR) is 135 cm³/mol. The lowest BCUT2D eigenvalue weighted by Crippen LogP contribution is -2.39. The molecule has 1 aromatic heterocycles. The summed E-state index contributed by atoms with van der Waals surface area (Å²) in [6, 6.07) is 14.5. The Morgan fingerprint density at radius 3 is 2.62 bits per heavy atom. The highest BCUT2D eigenvalue weighted by Crippen LogP contribution is 2.33. The fourth-order valence-electron chi connectivity index (χ4n) is 3.88. The van der Waals surface area contributed by atoms with Gasteiger partial charge in [0.25, 0.3) is 0 Å². The third-order valence-corrected chi connectivity index (χ3v) is 7.98. The largest absolute Gasteiger partial charge is 0.379 e. The molecule has 0 atom stereocenters. The minimum absolute atomic E-state index is 0.157. The molecule has 0 unspecified atom stereocenters. The molecule has 0 saturated carbocycles. The molecule has 5 nitrogen and oxygen atoms in total. The number of fused-ring (bicyclic) bond motifs is 1. The fraction of sp³-hybridized carbons (Fsp3) is 0.440. The van der Waals surface area contributed by atoms with Crippen molar-refractivity contribution in [2.45, 2.75) is 31.6 Å². The van der Waals surface area contributed by atoms with Crippen molar-refractivity contribution >= 4 is 44.4 Å². The van der Waals surface area contributed by atoms with Crippen LogP contribution in [0.1, 0.15) is 24.0 Å². The standard InChI is InChI=1S/C25H31N3O2S2/c1-19-9-10-20(2)24-23(19)26-25(32-24)28(13-6-12-27-14-16-30-17-15-27)22(29)11-18-31-21-7-4-3-5-8-21/h3-5,7-10H,6,11-18H2,1-2H3. The summed E-state index contributed by atoms with van der Waals surface area (Å²) in [6.07, 6.45) is 1.44. The van der Waals surface area contributed by atoms with Crippen LogP contribution in [0.4, 0.5) is 5.13 Å². The number of nitrogens with zero attached hydrogens (tertiary/aromatic N) is 3. The molecule has 1 fully saturated rings. The number of amides is 1. The van der Waals surface area contributed by atoms with Crippen LogP contribution < -0.4 is 4.90 Å². The maximum atomic E-state index is 13.3. The highest BCUT2D eigenvalue weighted by atomic mass is 32.2. The fourth-order valence-corrected chi connectivity index (χ4v) is 5.89. The van der Waals surface area contributed by atoms with E-state index in [0.29, 0.717) is 13.0 Å². The number of anilines is 1. The lowest BCUT2D eigenvalue weighted by Gasteiger charge is -2.27. The van der Waals surface area contributed by atoms with E-state index in [1.807, 2.05) is 23.1 Å². The Morgan fingerprint density at radius 2 is 1.88 bits per heavy atom. The molecule has 1 aliphatic rings. The predicted octanol–water partition coefficient (Wildman–Crippen LogP) is 5.15. The van der Waals surface area contributed by atoms with Crippen molar-refractivity contribution in [2.75, 3.05) is 50.0 Å². The topological polar surface area (TPSA) is 45.7 Å². The van der Waals surface area contributed by atoms with Crippen molar-refractivity contribution in [2.24, 2.45) is 0 Å². The van der Waals surface area contributed by atoms with E-state index in [0.717, 1.165) is 61.2 Å². The van der Waals surface area contributed by atoms with Gasteiger partial charge in [-0.1, -0.05) is 41.7 Å². The van der Waals surface area contributed by atoms with Gasteiger partial charge in [-0.2, -0.15) is 0 Å². The van der Waals surface area contributed by atoms with Crippen molar-refractivity contribution < 1.29 is 9.53 Å². The summed E-state index contributed by atoms with van der Waals surface area (Å²) < 4.78 is 6.64. The summed E-state index contributed by atoms with van der Waals surface area (Å²) >= 11 is 3.38. The van der Waals surface area contributed by atoms with Gasteiger partial charge < -0.3 is 4.74 Å². The van der Waals surface area contributed by atoms with Crippen molar-refractivity contribution in [1.82, 2.24) is 9.88 Å². The second-order valence-corrected chi connectivity index (χ2v) is 10.3. The monoisotopic (exact) mass is 469 g/mol. The van der Waals surface area contributed by atoms with Gasteiger partial charge in [-0.05, 0) is 43.5 Å². The van der Waals surface area contributed by atoms with Gasteiger partial charge in [-0.3, -0.25) is 14.6 Å². The van der Waals surface area contributed by atoms with Gasteiger partial charge in [-0.15, -0.1) is 11.8 Å². The molecule has 170 valence electrons. The molecule has 3 aromatic rings. The van der Waals surface area contributed by atoms with E-state index in [9.17, 15) is 4.79 Å². The Bertz CT molecular complexity index is 993. The number of rotatable bonds is 9. The van der Waals surface area contributed by atoms with Gasteiger partial charge >= 0.3 is 0 Å². The Kier molecular flexibility index (Phi) is 8.19. The van der Waals surface area contributed by atoms with Gasteiger partial charge in [0.05, 0.1) is 23.4 Å². The Morgan fingerprint density at radius 1 is 1.12 bits per heavy atom. The first kappa shape index (κ1) is 23.2. The zero-order chi connectivity index (χ0) is 22.3. The number of carbonyl (C=O) groups excluding carboxylic acids is 1. The van der Waals surface area contributed by atoms with Crippen LogP contribution in [0.2, 0.25) is 0 Å². The molecule has 0 N–H and O–H groups in total. The van der Waals surface area contributed by atoms with Crippen LogP contribution in [-0.2, 0) is 9.53 Å². The van der Waals surface area contributed by atoms with Crippen LogP contribution in [0.25, 0.3) is 10.2 Å². The van der Waals surface area contributed by atoms with Crippen LogP contribution >= 0.6 is 23.1 Å². The molecular formula is C25H31N3O2S2. The molecule has 7 heteroatoms. The summed E-state index contributed by atoms with van der Waals surface area (Å²) in [5.41, 5.74) is 3.40. The number of carbonyl (C=O) groups is 1. The Hall–Kier alpha value is -1.93. The van der Waals surface area contributed by atoms with Crippen molar-refractivity contribution in [3.8, 4) is 0 Å². The normalized spacial score (nSPS) is 14.7. The summed E-state index contributed by atoms with van der Waals surface area (Å²) in [4.78, 5) is 23.8. The molecule has 32 heavy (non-hydrogen) atoms. The minimum Gasteiger partial charge on any atom is -0.379 e. The summed E-state index contributed by atoms with van der Waals surface area (Å²) in [5, 5.41) is 0.828. The maximum absolute atomic E-state index is 13.3. The second kappa shape index (κ2) is 11.3. The van der Waals surface area contributed by atoms with Crippen molar-refractivity contribution in [3.05, 3.63) is 53.6 Å². The van der Waals surface area contributed by atoms with Gasteiger partial charge in [0.15, 0.2) is 5.13 Å². The van der Waals surface area contributed by atoms with E-state index in [2.05, 4.69) is 43.0 Å². The number of hydrogen-bond acceptors (Lipinski definition) is 6. The quantitative estimate of drug-likeness (QED) is 0.406. The third kappa shape index (κ3) is 5.90. The van der Waals surface area contributed by atoms with E-state index >= 15 is 0 Å². The molecule has 4 rings (SSSR count). The van der Waals surface area contributed by atoms with Crippen molar-refractivity contribution in [1.29, 1.82) is 0 Å². The molecule has 1 saturated heterocycles. The Balaban J connectivity index is 1.46. The lowest BCUT2D eigenvalue weighted by molar-refractivity contribution is -0.118. The number of ether oxygens (including phenoxy) is 1. The number of aryl methyl sites for hydroxylation is 2. The van der Waals surface area contributed by atoms with Gasteiger partial charge in [0.1, 0.15) is 0 Å². The molecule has 1 aliphatic heterocycles. The van der Waals surface area contributed by atoms with Crippen LogP contribution in [0.15, 0.2) is 47.4 Å². The summed E-state index contributed by atoms with van der Waals surface area (Å²) in [6.45, 7) is 9.43. The molecule has 0 spiro atoms. The highest BCUT2D eigenvalue weighted by molar-refractivity contribution is 7.99. The number of benzene rings is 2. The average Bonchev–Trinajstić information content (AvgIpc) is 3.27. The highest BCUT2D eigenvalue weighted by Gasteiger charge is 2.21. The molecule has 2 aromatic carbocycles. The van der Waals surface area contributed by atoms with Crippen molar-refractivity contribution in [3.63, 3.8) is 0 Å². The van der Waals surface area contributed by atoms with E-state index in [1.54, 1.807) is 23.1 Å². The van der Waals surface area contributed by atoms with Crippen LogP contribution in [0.3, 0.4) is 0 Å². The zero-order valence-electron chi connectivity index (χ0n) is 18.9. The van der Waals surface area contributed by atoms with Crippen LogP contribution in [-0.4, -0.2) is 60.9 Å². The molecule has 1 amide bonds. The smallest absolute Gasteiger partial charge is 0.229 e. The number of morpholine rings is 1. The third-order valence-electron chi connectivity index (χ3n) is 5.75. The molecule has 0 radical (unpaired) electrons. The van der Waals surface area contributed by atoms with Crippen LogP contribution in [0.5, 0.6) is 0 Å². The average molecular weight is 470 g/mol. The zero-order valence-corrected chi connectivity index (χ0v) is 20.5. The SMILES string of the molecule is Cc1ccc(C)c2sc(N(CCCN3CCOCC3)C(=O)CCSc3ccccc3)nc12. The summed E-state index contributed by atoms with van der Waals surface area (Å²) in [7, 11) is 0. The van der Waals surface area contributed by atoms with Crippen LogP contribution in [0, 0.1) is 13.8 Å². The Labute approximate surface area is 198 Å². The number of thioether (sulfide) groups is 1. The van der Waals surface area contributed by atoms with E-state index in [-0.39, 0.29) is 5.91 Å². The van der Waals surface area contributed by atoms with E-state index in [4.69, 9.17) is 9.72 Å².